The van der Waals surface area contributed by atoms with Gasteiger partial charge in [-0.15, -0.1) is 0 Å². The molecular weight excluding hydrogens is 224 g/mol. The number of hydrogen-bond acceptors (Lipinski definition) is 2. The smallest absolute Gasteiger partial charge is 0.254 e. The van der Waals surface area contributed by atoms with E-state index >= 15 is 0 Å². The average molecular weight is 246 g/mol. The summed E-state index contributed by atoms with van der Waals surface area (Å²) in [5.41, 5.74) is 8.93. The maximum Gasteiger partial charge on any atom is 0.254 e. The molecular formula is C15H22N2O. The summed E-state index contributed by atoms with van der Waals surface area (Å²) in [5, 5.41) is 0. The number of rotatable bonds is 2. The fraction of sp³-hybridized carbons (Fsp3) is 0.533. The first kappa shape index (κ1) is 13.1. The Labute approximate surface area is 109 Å². The summed E-state index contributed by atoms with van der Waals surface area (Å²) in [6.07, 6.45) is 1.02. The molecule has 1 aromatic carbocycles. The molecule has 1 aliphatic heterocycles. The third kappa shape index (κ3) is 2.56. The van der Waals surface area contributed by atoms with Crippen LogP contribution >= 0.6 is 0 Å². The second-order valence-corrected chi connectivity index (χ2v) is 5.48. The summed E-state index contributed by atoms with van der Waals surface area (Å²) in [7, 11) is 0. The topological polar surface area (TPSA) is 46.3 Å². The van der Waals surface area contributed by atoms with Gasteiger partial charge in [-0.2, -0.15) is 0 Å². The molecule has 1 saturated heterocycles. The van der Waals surface area contributed by atoms with Crippen LogP contribution in [0.25, 0.3) is 0 Å². The molecule has 0 radical (unpaired) electrons. The molecule has 0 aliphatic carbocycles. The maximum absolute atomic E-state index is 12.5. The molecule has 2 N–H and O–H groups in total. The molecule has 98 valence electrons. The SMILES string of the molecule is Cc1ccc(C)c(C(=O)N2CCC(C(C)N)C2)c1. The van der Waals surface area contributed by atoms with Crippen molar-refractivity contribution in [3.05, 3.63) is 34.9 Å². The Balaban J connectivity index is 2.15. The van der Waals surface area contributed by atoms with Crippen LogP contribution in [0.4, 0.5) is 0 Å². The van der Waals surface area contributed by atoms with Crippen LogP contribution in [0, 0.1) is 19.8 Å². The molecule has 1 aliphatic rings. The lowest BCUT2D eigenvalue weighted by molar-refractivity contribution is 0.0785. The lowest BCUT2D eigenvalue weighted by atomic mass is 10.0. The maximum atomic E-state index is 12.5. The minimum absolute atomic E-state index is 0.152. The minimum atomic E-state index is 0.152. The van der Waals surface area contributed by atoms with Gasteiger partial charge in [0.25, 0.3) is 5.91 Å². The van der Waals surface area contributed by atoms with Gasteiger partial charge in [-0.1, -0.05) is 17.7 Å². The molecule has 3 nitrogen and oxygen atoms in total. The van der Waals surface area contributed by atoms with E-state index in [2.05, 4.69) is 0 Å². The van der Waals surface area contributed by atoms with Crippen LogP contribution in [-0.4, -0.2) is 29.9 Å². The van der Waals surface area contributed by atoms with Gasteiger partial charge in [0.2, 0.25) is 0 Å². The third-order valence-corrected chi connectivity index (χ3v) is 3.88. The number of carbonyl (C=O) groups excluding carboxylic acids is 1. The summed E-state index contributed by atoms with van der Waals surface area (Å²) in [5.74, 6) is 0.596. The van der Waals surface area contributed by atoms with E-state index in [4.69, 9.17) is 5.73 Å². The highest BCUT2D eigenvalue weighted by molar-refractivity contribution is 5.96. The van der Waals surface area contributed by atoms with Gasteiger partial charge in [0.1, 0.15) is 0 Å². The Kier molecular flexibility index (Phi) is 3.71. The van der Waals surface area contributed by atoms with Crippen LogP contribution in [0.3, 0.4) is 0 Å². The van der Waals surface area contributed by atoms with Crippen LogP contribution in [-0.2, 0) is 0 Å². The van der Waals surface area contributed by atoms with Gasteiger partial charge >= 0.3 is 0 Å². The summed E-state index contributed by atoms with van der Waals surface area (Å²) in [6, 6.07) is 6.21. The molecule has 3 heteroatoms. The Morgan fingerprint density at radius 2 is 2.17 bits per heavy atom. The largest absolute Gasteiger partial charge is 0.338 e. The predicted molar refractivity (Wildman–Crippen MR) is 73.6 cm³/mol. The molecule has 18 heavy (non-hydrogen) atoms. The van der Waals surface area contributed by atoms with Crippen molar-refractivity contribution in [1.82, 2.24) is 4.90 Å². The second kappa shape index (κ2) is 5.11. The molecule has 2 unspecified atom stereocenters. The monoisotopic (exact) mass is 246 g/mol. The van der Waals surface area contributed by atoms with Gasteiger partial charge in [0, 0.05) is 24.7 Å². The van der Waals surface area contributed by atoms with E-state index in [0.29, 0.717) is 5.92 Å². The minimum Gasteiger partial charge on any atom is -0.338 e. The molecule has 0 bridgehead atoms. The predicted octanol–water partition coefficient (Wildman–Crippen LogP) is 2.11. The summed E-state index contributed by atoms with van der Waals surface area (Å²) in [6.45, 7) is 7.66. The standard InChI is InChI=1S/C15H22N2O/c1-10-4-5-11(2)14(8-10)15(18)17-7-6-13(9-17)12(3)16/h4-5,8,12-13H,6-7,9,16H2,1-3H3. The van der Waals surface area contributed by atoms with E-state index < -0.39 is 0 Å². The van der Waals surface area contributed by atoms with E-state index in [1.807, 2.05) is 43.9 Å². The Morgan fingerprint density at radius 1 is 1.44 bits per heavy atom. The van der Waals surface area contributed by atoms with Crippen molar-refractivity contribution in [2.45, 2.75) is 33.2 Å². The number of nitrogens with two attached hydrogens (primary N) is 1. The van der Waals surface area contributed by atoms with E-state index in [1.165, 1.54) is 0 Å². The van der Waals surface area contributed by atoms with Crippen LogP contribution in [0.5, 0.6) is 0 Å². The van der Waals surface area contributed by atoms with Crippen LogP contribution in [0.2, 0.25) is 0 Å². The van der Waals surface area contributed by atoms with E-state index in [0.717, 1.165) is 36.2 Å². The van der Waals surface area contributed by atoms with Crippen molar-refractivity contribution in [1.29, 1.82) is 0 Å². The van der Waals surface area contributed by atoms with Crippen molar-refractivity contribution < 1.29 is 4.79 Å². The highest BCUT2D eigenvalue weighted by Crippen LogP contribution is 2.22. The number of benzene rings is 1. The highest BCUT2D eigenvalue weighted by Gasteiger charge is 2.29. The van der Waals surface area contributed by atoms with Gasteiger partial charge in [-0.05, 0) is 44.7 Å². The first-order chi connectivity index (χ1) is 8.49. The lowest BCUT2D eigenvalue weighted by Crippen LogP contribution is -2.33. The molecule has 0 saturated carbocycles. The molecule has 1 fully saturated rings. The van der Waals surface area contributed by atoms with Crippen LogP contribution in [0.1, 0.15) is 34.8 Å². The Hall–Kier alpha value is -1.35. The van der Waals surface area contributed by atoms with Crippen molar-refractivity contribution in [2.75, 3.05) is 13.1 Å². The zero-order valence-electron chi connectivity index (χ0n) is 11.4. The Bertz CT molecular complexity index is 454. The number of amides is 1. The first-order valence-electron chi connectivity index (χ1n) is 6.61. The van der Waals surface area contributed by atoms with Crippen molar-refractivity contribution >= 4 is 5.91 Å². The van der Waals surface area contributed by atoms with Gasteiger partial charge in [0.15, 0.2) is 0 Å². The van der Waals surface area contributed by atoms with Gasteiger partial charge < -0.3 is 10.6 Å². The quantitative estimate of drug-likeness (QED) is 0.868. The van der Waals surface area contributed by atoms with E-state index in [-0.39, 0.29) is 11.9 Å². The lowest BCUT2D eigenvalue weighted by Gasteiger charge is -2.19. The molecule has 2 rings (SSSR count). The third-order valence-electron chi connectivity index (χ3n) is 3.88. The fourth-order valence-corrected chi connectivity index (χ4v) is 2.54. The molecule has 0 aromatic heterocycles. The van der Waals surface area contributed by atoms with Crippen molar-refractivity contribution in [3.8, 4) is 0 Å². The average Bonchev–Trinajstić information content (AvgIpc) is 2.81. The van der Waals surface area contributed by atoms with Crippen molar-refractivity contribution in [3.63, 3.8) is 0 Å². The van der Waals surface area contributed by atoms with Gasteiger partial charge in [0.05, 0.1) is 0 Å². The fourth-order valence-electron chi connectivity index (χ4n) is 2.54. The van der Waals surface area contributed by atoms with Gasteiger partial charge in [-0.25, -0.2) is 0 Å². The van der Waals surface area contributed by atoms with E-state index in [9.17, 15) is 4.79 Å². The number of aryl methyl sites for hydroxylation is 2. The zero-order chi connectivity index (χ0) is 13.3. The van der Waals surface area contributed by atoms with Gasteiger partial charge in [-0.3, -0.25) is 4.79 Å². The number of nitrogens with zero attached hydrogens (tertiary/aromatic N) is 1. The molecule has 1 amide bonds. The van der Waals surface area contributed by atoms with E-state index in [1.54, 1.807) is 0 Å². The molecule has 1 heterocycles. The Morgan fingerprint density at radius 3 is 2.78 bits per heavy atom. The molecule has 0 spiro atoms. The number of hydrogen-bond donors (Lipinski definition) is 1. The van der Waals surface area contributed by atoms with Crippen molar-refractivity contribution in [2.24, 2.45) is 11.7 Å². The normalized spacial score (nSPS) is 21.1. The molecule has 2 atom stereocenters. The summed E-state index contributed by atoms with van der Waals surface area (Å²) in [4.78, 5) is 14.4. The summed E-state index contributed by atoms with van der Waals surface area (Å²) < 4.78 is 0. The highest BCUT2D eigenvalue weighted by atomic mass is 16.2. The van der Waals surface area contributed by atoms with Crippen LogP contribution < -0.4 is 5.73 Å². The second-order valence-electron chi connectivity index (χ2n) is 5.48. The number of carbonyl (C=O) groups is 1. The summed E-state index contributed by atoms with van der Waals surface area (Å²) >= 11 is 0. The van der Waals surface area contributed by atoms with Crippen LogP contribution in [0.15, 0.2) is 18.2 Å². The first-order valence-corrected chi connectivity index (χ1v) is 6.61. The zero-order valence-corrected chi connectivity index (χ0v) is 11.4. The number of likely N-dealkylation sites (tertiary alicyclic amines) is 1. The molecule has 1 aromatic rings.